The SMILES string of the molecule is C[C@@H]1CN(Cc2ccc(-c3cccc(-n4c(=O)n(C5CCC(NC(=O)c6cnc7ccccc7n6)CC5)c(=O)c5cc(F)cnc54)c3)cc2)C[C@H](C)N1. The van der Waals surface area contributed by atoms with Gasteiger partial charge in [-0.15, -0.1) is 0 Å². The van der Waals surface area contributed by atoms with Crippen molar-refractivity contribution in [1.82, 2.24) is 39.6 Å². The first kappa shape index (κ1) is 34.5. The summed E-state index contributed by atoms with van der Waals surface area (Å²) in [4.78, 5) is 56.8. The maximum absolute atomic E-state index is 14.6. The molecule has 53 heavy (non-hydrogen) atoms. The number of carbonyl (C=O) groups excluding carboxylic acids is 1. The van der Waals surface area contributed by atoms with Crippen molar-refractivity contribution in [2.24, 2.45) is 0 Å². The van der Waals surface area contributed by atoms with Gasteiger partial charge in [-0.05, 0) is 86.6 Å². The molecule has 1 aliphatic carbocycles. The summed E-state index contributed by atoms with van der Waals surface area (Å²) in [5.41, 5.74) is 4.18. The van der Waals surface area contributed by atoms with Crippen molar-refractivity contribution in [3.05, 3.63) is 129 Å². The lowest BCUT2D eigenvalue weighted by molar-refractivity contribution is 0.0917. The van der Waals surface area contributed by atoms with Crippen LogP contribution >= 0.6 is 0 Å². The van der Waals surface area contributed by atoms with Gasteiger partial charge >= 0.3 is 5.69 Å². The zero-order valence-electron chi connectivity index (χ0n) is 29.7. The van der Waals surface area contributed by atoms with Gasteiger partial charge in [-0.1, -0.05) is 48.5 Å². The highest BCUT2D eigenvalue weighted by Crippen LogP contribution is 2.29. The summed E-state index contributed by atoms with van der Waals surface area (Å²) in [7, 11) is 0. The fraction of sp³-hybridized carbons (Fsp3) is 0.317. The maximum atomic E-state index is 14.6. The average molecular weight is 713 g/mol. The molecule has 1 aliphatic heterocycles. The van der Waals surface area contributed by atoms with Crippen LogP contribution in [0.5, 0.6) is 0 Å². The van der Waals surface area contributed by atoms with Gasteiger partial charge in [0.05, 0.1) is 34.5 Å². The Labute approximate surface area is 305 Å². The Kier molecular flexibility index (Phi) is 9.40. The molecule has 0 radical (unpaired) electrons. The fourth-order valence-electron chi connectivity index (χ4n) is 8.00. The van der Waals surface area contributed by atoms with Crippen LogP contribution in [0.15, 0.2) is 101 Å². The van der Waals surface area contributed by atoms with E-state index in [0.29, 0.717) is 54.5 Å². The highest BCUT2D eigenvalue weighted by atomic mass is 19.1. The van der Waals surface area contributed by atoms with Crippen LogP contribution in [-0.2, 0) is 6.54 Å². The third kappa shape index (κ3) is 7.12. The van der Waals surface area contributed by atoms with E-state index in [1.165, 1.54) is 20.9 Å². The van der Waals surface area contributed by atoms with Crippen LogP contribution in [0.3, 0.4) is 0 Å². The van der Waals surface area contributed by atoms with Gasteiger partial charge in [0, 0.05) is 43.8 Å². The van der Waals surface area contributed by atoms with Crippen molar-refractivity contribution < 1.29 is 9.18 Å². The summed E-state index contributed by atoms with van der Waals surface area (Å²) in [6, 6.07) is 24.8. The first-order chi connectivity index (χ1) is 25.7. The van der Waals surface area contributed by atoms with Gasteiger partial charge in [-0.3, -0.25) is 24.0 Å². The summed E-state index contributed by atoms with van der Waals surface area (Å²) in [6.45, 7) is 7.28. The van der Waals surface area contributed by atoms with E-state index < -0.39 is 23.1 Å². The van der Waals surface area contributed by atoms with Gasteiger partial charge in [0.2, 0.25) is 0 Å². The predicted octanol–water partition coefficient (Wildman–Crippen LogP) is 5.39. The molecule has 1 saturated carbocycles. The van der Waals surface area contributed by atoms with Crippen LogP contribution in [0.25, 0.3) is 38.9 Å². The Morgan fingerprint density at radius 3 is 2.34 bits per heavy atom. The Balaban J connectivity index is 1.04. The molecule has 1 amide bonds. The number of para-hydroxylation sites is 2. The van der Waals surface area contributed by atoms with Crippen molar-refractivity contribution in [1.29, 1.82) is 0 Å². The van der Waals surface area contributed by atoms with Gasteiger partial charge in [-0.2, -0.15) is 0 Å². The molecule has 3 aromatic heterocycles. The zero-order valence-corrected chi connectivity index (χ0v) is 29.7. The van der Waals surface area contributed by atoms with Crippen LogP contribution in [0.1, 0.15) is 61.6 Å². The molecule has 2 atom stereocenters. The van der Waals surface area contributed by atoms with Crippen LogP contribution < -0.4 is 21.9 Å². The molecule has 1 saturated heterocycles. The van der Waals surface area contributed by atoms with Crippen LogP contribution in [-0.4, -0.2) is 66.1 Å². The van der Waals surface area contributed by atoms with E-state index in [4.69, 9.17) is 0 Å². The standard InChI is InChI=1S/C41H41FN8O3/c1-25-22-48(23-26(2)45-25)24-27-10-12-28(13-11-27)29-6-5-7-33(18-29)49-38-34(19-30(42)20-44-38)40(52)50(41(49)53)32-16-14-31(15-17-32)46-39(51)37-21-43-35-8-3-4-9-36(35)47-37/h3-13,18-21,25-26,31-32,45H,14-17,22-24H2,1-2H3,(H,46,51)/t25-,26+,31?,32?. The van der Waals surface area contributed by atoms with Crippen LogP contribution in [0, 0.1) is 5.82 Å². The first-order valence-corrected chi connectivity index (χ1v) is 18.2. The van der Waals surface area contributed by atoms with Crippen molar-refractivity contribution in [2.75, 3.05) is 13.1 Å². The molecule has 2 N–H and O–H groups in total. The van der Waals surface area contributed by atoms with Crippen molar-refractivity contribution in [3.8, 4) is 16.8 Å². The van der Waals surface area contributed by atoms with Gasteiger partial charge in [0.15, 0.2) is 5.65 Å². The Morgan fingerprint density at radius 1 is 0.849 bits per heavy atom. The lowest BCUT2D eigenvalue weighted by Gasteiger charge is -2.36. The van der Waals surface area contributed by atoms with Crippen molar-refractivity contribution in [3.63, 3.8) is 0 Å². The highest BCUT2D eigenvalue weighted by Gasteiger charge is 2.29. The second kappa shape index (κ2) is 14.4. The number of fused-ring (bicyclic) bond motifs is 2. The third-order valence-corrected chi connectivity index (χ3v) is 10.4. The van der Waals surface area contributed by atoms with E-state index in [9.17, 15) is 18.8 Å². The second-order valence-corrected chi connectivity index (χ2v) is 14.5. The van der Waals surface area contributed by atoms with Gasteiger partial charge in [0.25, 0.3) is 11.5 Å². The van der Waals surface area contributed by atoms with E-state index in [1.807, 2.05) is 42.5 Å². The summed E-state index contributed by atoms with van der Waals surface area (Å²) < 4.78 is 17.2. The second-order valence-electron chi connectivity index (χ2n) is 14.5. The summed E-state index contributed by atoms with van der Waals surface area (Å²) in [6.07, 6.45) is 4.51. The van der Waals surface area contributed by atoms with Crippen LogP contribution in [0.4, 0.5) is 4.39 Å². The smallest absolute Gasteiger partial charge is 0.337 e. The zero-order chi connectivity index (χ0) is 36.6. The van der Waals surface area contributed by atoms with E-state index in [1.54, 1.807) is 6.07 Å². The molecule has 0 spiro atoms. The quantitative estimate of drug-likeness (QED) is 0.226. The number of nitrogens with one attached hydrogen (secondary N) is 2. The summed E-state index contributed by atoms with van der Waals surface area (Å²) in [5, 5.41) is 6.66. The maximum Gasteiger partial charge on any atom is 0.337 e. The lowest BCUT2D eigenvalue weighted by atomic mass is 9.90. The Hall–Kier alpha value is -5.59. The largest absolute Gasteiger partial charge is 0.348 e. The molecule has 270 valence electrons. The van der Waals surface area contributed by atoms with Gasteiger partial charge in [0.1, 0.15) is 11.5 Å². The summed E-state index contributed by atoms with van der Waals surface area (Å²) in [5.74, 6) is -0.982. The van der Waals surface area contributed by atoms with E-state index in [-0.39, 0.29) is 28.7 Å². The first-order valence-electron chi connectivity index (χ1n) is 18.2. The van der Waals surface area contributed by atoms with E-state index in [2.05, 4.69) is 68.6 Å². The molecule has 4 heterocycles. The Bertz CT molecular complexity index is 2430. The van der Waals surface area contributed by atoms with E-state index >= 15 is 0 Å². The lowest BCUT2D eigenvalue weighted by Crippen LogP contribution is -2.53. The number of nitrogens with zero attached hydrogens (tertiary/aromatic N) is 6. The minimum atomic E-state index is -0.659. The number of halogens is 1. The average Bonchev–Trinajstić information content (AvgIpc) is 3.15. The van der Waals surface area contributed by atoms with Crippen molar-refractivity contribution >= 4 is 28.0 Å². The monoisotopic (exact) mass is 712 g/mol. The number of hydrogen-bond donors (Lipinski definition) is 2. The minimum Gasteiger partial charge on any atom is -0.348 e. The molecule has 11 nitrogen and oxygen atoms in total. The number of piperazine rings is 1. The summed E-state index contributed by atoms with van der Waals surface area (Å²) >= 11 is 0. The minimum absolute atomic E-state index is 0.0289. The Morgan fingerprint density at radius 2 is 1.58 bits per heavy atom. The number of rotatable bonds is 7. The molecular formula is C41H41FN8O3. The number of pyridine rings is 1. The number of aromatic nitrogens is 5. The molecule has 8 rings (SSSR count). The molecule has 0 bridgehead atoms. The number of amides is 1. The van der Waals surface area contributed by atoms with Crippen molar-refractivity contribution in [2.45, 2.75) is 70.2 Å². The molecule has 12 heteroatoms. The highest BCUT2D eigenvalue weighted by molar-refractivity contribution is 5.94. The van der Waals surface area contributed by atoms with Gasteiger partial charge in [-0.25, -0.2) is 23.7 Å². The van der Waals surface area contributed by atoms with E-state index in [0.717, 1.165) is 43.0 Å². The molecule has 2 fully saturated rings. The molecule has 2 aliphatic rings. The predicted molar refractivity (Wildman–Crippen MR) is 203 cm³/mol. The van der Waals surface area contributed by atoms with Crippen LogP contribution in [0.2, 0.25) is 0 Å². The third-order valence-electron chi connectivity index (χ3n) is 10.4. The molecule has 0 unspecified atom stereocenters. The molecule has 3 aromatic carbocycles. The number of benzene rings is 3. The topological polar surface area (TPSA) is 127 Å². The number of hydrogen-bond acceptors (Lipinski definition) is 8. The fourth-order valence-corrected chi connectivity index (χ4v) is 8.00. The molecular weight excluding hydrogens is 672 g/mol. The normalized spacial score (nSPS) is 20.8. The van der Waals surface area contributed by atoms with Gasteiger partial charge < -0.3 is 10.6 Å². The number of carbonyl (C=O) groups is 1. The molecule has 6 aromatic rings.